The van der Waals surface area contributed by atoms with Gasteiger partial charge in [0, 0.05) is 34.6 Å². The van der Waals surface area contributed by atoms with Crippen LogP contribution in [0.15, 0.2) is 94.5 Å². The third-order valence-electron chi connectivity index (χ3n) is 7.57. The molecule has 0 radical (unpaired) electrons. The quantitative estimate of drug-likeness (QED) is 0.118. The number of pyridine rings is 2. The van der Waals surface area contributed by atoms with Crippen molar-refractivity contribution in [3.8, 4) is 0 Å². The van der Waals surface area contributed by atoms with Gasteiger partial charge >= 0.3 is 0 Å². The lowest BCUT2D eigenvalue weighted by Crippen LogP contribution is -2.15. The number of carbonyl (C=O) groups excluding carboxylic acids is 2. The van der Waals surface area contributed by atoms with Crippen LogP contribution in [0.3, 0.4) is 0 Å². The number of aromatic amines is 2. The van der Waals surface area contributed by atoms with Crippen molar-refractivity contribution in [2.24, 2.45) is 0 Å². The Hall–Kier alpha value is -5.24. The highest BCUT2D eigenvalue weighted by Crippen LogP contribution is 2.24. The molecule has 4 N–H and O–H groups in total. The zero-order chi connectivity index (χ0) is 29.1. The van der Waals surface area contributed by atoms with Crippen LogP contribution < -0.4 is 21.5 Å². The summed E-state index contributed by atoms with van der Waals surface area (Å²) < 4.78 is 0. The zero-order valence-electron chi connectivity index (χ0n) is 23.0. The Bertz CT molecular complexity index is 1940. The summed E-state index contributed by atoms with van der Waals surface area (Å²) in [6.07, 6.45) is 3.57. The lowest BCUT2D eigenvalue weighted by Gasteiger charge is -2.10. The average Bonchev–Trinajstić information content (AvgIpc) is 2.99. The van der Waals surface area contributed by atoms with Gasteiger partial charge in [-0.15, -0.1) is 0 Å². The van der Waals surface area contributed by atoms with Crippen molar-refractivity contribution >= 4 is 66.8 Å². The van der Waals surface area contributed by atoms with Crippen LogP contribution in [0.1, 0.15) is 38.5 Å². The maximum Gasteiger partial charge on any atom is 0.224 e. The number of carbonyl (C=O) groups is 2. The highest BCUT2D eigenvalue weighted by atomic mass is 16.2. The summed E-state index contributed by atoms with van der Waals surface area (Å²) in [5.41, 5.74) is 3.64. The molecule has 0 fully saturated rings. The fraction of sp³-hybridized carbons (Fsp3) is 0.176. The Morgan fingerprint density at radius 3 is 1.36 bits per heavy atom. The highest BCUT2D eigenvalue weighted by molar-refractivity contribution is 6.05. The van der Waals surface area contributed by atoms with Crippen molar-refractivity contribution in [3.05, 3.63) is 105 Å². The monoisotopic (exact) mass is 558 g/mol. The normalized spacial score (nSPS) is 11.3. The minimum absolute atomic E-state index is 0.116. The van der Waals surface area contributed by atoms with E-state index in [1.165, 1.54) is 0 Å². The van der Waals surface area contributed by atoms with Gasteiger partial charge in [-0.05, 0) is 61.4 Å². The molecule has 2 heterocycles. The van der Waals surface area contributed by atoms with Gasteiger partial charge in [0.2, 0.25) is 11.8 Å². The van der Waals surface area contributed by atoms with Crippen molar-refractivity contribution in [2.45, 2.75) is 38.5 Å². The molecule has 0 saturated carbocycles. The number of hydrogen-bond acceptors (Lipinski definition) is 4. The number of nitrogens with one attached hydrogen (secondary N) is 4. The standard InChI is InChI=1S/C34H30N4O4/c39-29(37-27-17-9-15-25-31(27)33(41)21-11-5-7-13-23(21)35-25)19-3-1-2-4-20-30(40)38-28-18-10-16-26-32(28)34(42)22-12-6-8-14-24(22)36-26/h5-18H,1-4,19-20H2,(H,35,41)(H,36,42)(H,37,39)(H,38,40). The molecule has 2 aromatic heterocycles. The molecule has 0 aliphatic carbocycles. The molecule has 0 bridgehead atoms. The number of aromatic nitrogens is 2. The largest absolute Gasteiger partial charge is 0.354 e. The predicted octanol–water partition coefficient (Wildman–Crippen LogP) is 6.59. The van der Waals surface area contributed by atoms with Crippen molar-refractivity contribution in [3.63, 3.8) is 0 Å². The van der Waals surface area contributed by atoms with Crippen LogP contribution in [0.2, 0.25) is 0 Å². The fourth-order valence-corrected chi connectivity index (χ4v) is 5.50. The second kappa shape index (κ2) is 11.7. The van der Waals surface area contributed by atoms with Gasteiger partial charge in [-0.1, -0.05) is 49.2 Å². The van der Waals surface area contributed by atoms with E-state index >= 15 is 0 Å². The Kier molecular flexibility index (Phi) is 7.51. The first-order valence-corrected chi connectivity index (χ1v) is 14.2. The smallest absolute Gasteiger partial charge is 0.224 e. The number of benzene rings is 4. The van der Waals surface area contributed by atoms with E-state index in [1.54, 1.807) is 24.3 Å². The number of fused-ring (bicyclic) bond motifs is 4. The van der Waals surface area contributed by atoms with Crippen LogP contribution in [0.4, 0.5) is 11.4 Å². The zero-order valence-corrected chi connectivity index (χ0v) is 23.0. The van der Waals surface area contributed by atoms with E-state index in [9.17, 15) is 19.2 Å². The molecule has 0 unspecified atom stereocenters. The first kappa shape index (κ1) is 27.0. The van der Waals surface area contributed by atoms with Crippen molar-refractivity contribution in [2.75, 3.05) is 10.6 Å². The van der Waals surface area contributed by atoms with E-state index < -0.39 is 0 Å². The Morgan fingerprint density at radius 2 is 0.905 bits per heavy atom. The maximum atomic E-state index is 13.1. The molecule has 8 heteroatoms. The van der Waals surface area contributed by atoms with Crippen LogP contribution in [0.5, 0.6) is 0 Å². The van der Waals surface area contributed by atoms with Crippen LogP contribution in [-0.4, -0.2) is 21.8 Å². The van der Waals surface area contributed by atoms with Gasteiger partial charge in [-0.2, -0.15) is 0 Å². The molecule has 6 aromatic rings. The fourth-order valence-electron chi connectivity index (χ4n) is 5.50. The van der Waals surface area contributed by atoms with Gasteiger partial charge < -0.3 is 20.6 Å². The van der Waals surface area contributed by atoms with Gasteiger partial charge in [0.1, 0.15) is 0 Å². The van der Waals surface area contributed by atoms with Crippen LogP contribution in [-0.2, 0) is 9.59 Å². The summed E-state index contributed by atoms with van der Waals surface area (Å²) in [5.74, 6) is -0.303. The summed E-state index contributed by atoms with van der Waals surface area (Å²) >= 11 is 0. The molecule has 4 aromatic carbocycles. The van der Waals surface area contributed by atoms with E-state index in [-0.39, 0.29) is 22.7 Å². The maximum absolute atomic E-state index is 13.1. The Balaban J connectivity index is 1.00. The SMILES string of the molecule is O=C(CCCCCCC(=O)Nc1cccc2[nH]c3ccccc3c(=O)c12)Nc1cccc2[nH]c3ccccc3c(=O)c12. The van der Waals surface area contributed by atoms with E-state index in [1.807, 2.05) is 60.7 Å². The molecule has 0 atom stereocenters. The average molecular weight is 559 g/mol. The van der Waals surface area contributed by atoms with Gasteiger partial charge in [0.15, 0.2) is 10.9 Å². The summed E-state index contributed by atoms with van der Waals surface area (Å²) in [6.45, 7) is 0. The van der Waals surface area contributed by atoms with Crippen molar-refractivity contribution < 1.29 is 9.59 Å². The Morgan fingerprint density at radius 1 is 0.500 bits per heavy atom. The molecular weight excluding hydrogens is 528 g/mol. The van der Waals surface area contributed by atoms with E-state index in [0.717, 1.165) is 23.9 Å². The first-order chi connectivity index (χ1) is 20.5. The molecule has 6 rings (SSSR count). The second-order valence-corrected chi connectivity index (χ2v) is 10.5. The second-order valence-electron chi connectivity index (χ2n) is 10.5. The summed E-state index contributed by atoms with van der Waals surface area (Å²) in [4.78, 5) is 58.1. The highest BCUT2D eigenvalue weighted by Gasteiger charge is 2.13. The first-order valence-electron chi connectivity index (χ1n) is 14.2. The minimum Gasteiger partial charge on any atom is -0.354 e. The minimum atomic E-state index is -0.151. The van der Waals surface area contributed by atoms with Crippen LogP contribution in [0, 0.1) is 0 Å². The van der Waals surface area contributed by atoms with Gasteiger partial charge in [0.25, 0.3) is 0 Å². The van der Waals surface area contributed by atoms with Gasteiger partial charge in [-0.3, -0.25) is 19.2 Å². The Labute approximate surface area is 240 Å². The van der Waals surface area contributed by atoms with E-state index in [2.05, 4.69) is 20.6 Å². The molecular formula is C34H30N4O4. The number of unbranched alkanes of at least 4 members (excludes halogenated alkanes) is 3. The predicted molar refractivity (Wildman–Crippen MR) is 169 cm³/mol. The molecule has 2 amide bonds. The summed E-state index contributed by atoms with van der Waals surface area (Å²) in [7, 11) is 0. The number of rotatable bonds is 9. The number of amides is 2. The van der Waals surface area contributed by atoms with Gasteiger partial charge in [-0.25, -0.2) is 0 Å². The lowest BCUT2D eigenvalue weighted by molar-refractivity contribution is -0.117. The van der Waals surface area contributed by atoms with Gasteiger partial charge in [0.05, 0.1) is 33.2 Å². The number of H-pyrrole nitrogens is 2. The molecule has 0 saturated heterocycles. The third kappa shape index (κ3) is 5.39. The molecule has 0 spiro atoms. The summed E-state index contributed by atoms with van der Waals surface area (Å²) in [6, 6.07) is 25.4. The topological polar surface area (TPSA) is 124 Å². The molecule has 210 valence electrons. The number of para-hydroxylation sites is 2. The summed E-state index contributed by atoms with van der Waals surface area (Å²) in [5, 5.41) is 7.91. The number of anilines is 2. The molecule has 0 aliphatic rings. The van der Waals surface area contributed by atoms with E-state index in [0.29, 0.717) is 69.6 Å². The van der Waals surface area contributed by atoms with Crippen LogP contribution in [0.25, 0.3) is 43.6 Å². The molecule has 8 nitrogen and oxygen atoms in total. The molecule has 0 aliphatic heterocycles. The van der Waals surface area contributed by atoms with Crippen molar-refractivity contribution in [1.82, 2.24) is 9.97 Å². The third-order valence-corrected chi connectivity index (χ3v) is 7.57. The lowest BCUT2D eigenvalue weighted by atomic mass is 10.1. The van der Waals surface area contributed by atoms with E-state index in [4.69, 9.17) is 0 Å². The molecule has 42 heavy (non-hydrogen) atoms. The van der Waals surface area contributed by atoms with Crippen LogP contribution >= 0.6 is 0 Å². The van der Waals surface area contributed by atoms with Crippen molar-refractivity contribution in [1.29, 1.82) is 0 Å². The number of hydrogen-bond donors (Lipinski definition) is 4.